The Bertz CT molecular complexity index is 1170. The van der Waals surface area contributed by atoms with Crippen LogP contribution in [-0.4, -0.2) is 42.5 Å². The summed E-state index contributed by atoms with van der Waals surface area (Å²) in [6.45, 7) is 2.32. The molecule has 0 saturated heterocycles. The third-order valence-electron chi connectivity index (χ3n) is 5.77. The second-order valence-electron chi connectivity index (χ2n) is 7.61. The normalized spacial score (nSPS) is 17.4. The summed E-state index contributed by atoms with van der Waals surface area (Å²) in [5.74, 6) is -0.0184. The van der Waals surface area contributed by atoms with Crippen LogP contribution >= 0.6 is 11.3 Å². The van der Waals surface area contributed by atoms with Gasteiger partial charge in [0.05, 0.1) is 43.1 Å². The van der Waals surface area contributed by atoms with E-state index in [0.29, 0.717) is 35.7 Å². The quantitative estimate of drug-likeness (QED) is 0.526. The Balaban J connectivity index is 1.63. The highest BCUT2D eigenvalue weighted by Gasteiger charge is 2.50. The van der Waals surface area contributed by atoms with Crippen LogP contribution in [0.3, 0.4) is 0 Å². The topological polar surface area (TPSA) is 89.0 Å². The fourth-order valence-electron chi connectivity index (χ4n) is 4.04. The lowest BCUT2D eigenvalue weighted by molar-refractivity contribution is -0.135. The Hall–Kier alpha value is -3.23. The van der Waals surface area contributed by atoms with E-state index in [1.54, 1.807) is 58.1 Å². The highest BCUT2D eigenvalue weighted by Crippen LogP contribution is 2.43. The molecule has 0 aliphatic carbocycles. The average molecular weight is 453 g/mol. The molecule has 1 aliphatic rings. The lowest BCUT2D eigenvalue weighted by Gasteiger charge is -2.23. The largest absolute Gasteiger partial charge is 0.497 e. The van der Waals surface area contributed by atoms with E-state index in [9.17, 15) is 14.7 Å². The van der Waals surface area contributed by atoms with Crippen molar-refractivity contribution < 1.29 is 24.2 Å². The Morgan fingerprint density at radius 2 is 1.97 bits per heavy atom. The molecule has 0 fully saturated rings. The number of aromatic nitrogens is 1. The van der Waals surface area contributed by atoms with E-state index in [2.05, 4.69) is 4.98 Å². The van der Waals surface area contributed by atoms with Crippen molar-refractivity contribution in [2.45, 2.75) is 25.4 Å². The Kier molecular flexibility index (Phi) is 5.99. The van der Waals surface area contributed by atoms with Crippen LogP contribution < -0.4 is 14.4 Å². The van der Waals surface area contributed by atoms with Crippen molar-refractivity contribution in [2.75, 3.05) is 25.7 Å². The zero-order valence-electron chi connectivity index (χ0n) is 18.1. The number of methoxy groups -OCH3 is 2. The van der Waals surface area contributed by atoms with E-state index in [1.165, 1.54) is 14.2 Å². The molecule has 2 heterocycles. The van der Waals surface area contributed by atoms with Gasteiger partial charge in [0.1, 0.15) is 11.5 Å². The maximum atomic E-state index is 13.4. The average Bonchev–Trinajstić information content (AvgIpc) is 3.31. The molecule has 0 radical (unpaired) electrons. The highest BCUT2D eigenvalue weighted by atomic mass is 32.1. The summed E-state index contributed by atoms with van der Waals surface area (Å²) in [5.41, 5.74) is 2.12. The van der Waals surface area contributed by atoms with E-state index >= 15 is 0 Å². The molecule has 3 aromatic rings. The number of ketones is 1. The van der Waals surface area contributed by atoms with Crippen molar-refractivity contribution in [3.63, 3.8) is 0 Å². The van der Waals surface area contributed by atoms with Crippen LogP contribution in [0.15, 0.2) is 48.0 Å². The lowest BCUT2D eigenvalue weighted by atomic mass is 9.88. The maximum absolute atomic E-state index is 13.4. The van der Waals surface area contributed by atoms with Gasteiger partial charge in [0, 0.05) is 29.5 Å². The number of hydrogen-bond acceptors (Lipinski definition) is 7. The standard InChI is InChI=1S/C24H24N2O5S/c1-15-22(32-14-25-15)10-11-26-19-7-5-4-6-18(19)24(29,23(26)28)13-20(27)17-9-8-16(30-2)12-21(17)31-3/h4-9,12,14,29H,10-11,13H2,1-3H3/t24-/m1/s1. The van der Waals surface area contributed by atoms with Gasteiger partial charge in [-0.05, 0) is 25.1 Å². The van der Waals surface area contributed by atoms with E-state index in [-0.39, 0.29) is 12.0 Å². The van der Waals surface area contributed by atoms with Crippen molar-refractivity contribution in [2.24, 2.45) is 0 Å². The van der Waals surface area contributed by atoms with Gasteiger partial charge in [-0.25, -0.2) is 4.98 Å². The summed E-state index contributed by atoms with van der Waals surface area (Å²) >= 11 is 1.54. The van der Waals surface area contributed by atoms with Crippen LogP contribution in [0.4, 0.5) is 5.69 Å². The number of Topliss-reactive ketones (excluding diaryl/α,β-unsaturated/α-hetero) is 1. The summed E-state index contributed by atoms with van der Waals surface area (Å²) < 4.78 is 10.5. The minimum atomic E-state index is -1.94. The first-order valence-corrected chi connectivity index (χ1v) is 11.0. The number of carbonyl (C=O) groups excluding carboxylic acids is 2. The van der Waals surface area contributed by atoms with Gasteiger partial charge < -0.3 is 19.5 Å². The predicted molar refractivity (Wildman–Crippen MR) is 122 cm³/mol. The van der Waals surface area contributed by atoms with Crippen LogP contribution in [0.1, 0.15) is 32.9 Å². The molecule has 1 atom stereocenters. The molecule has 0 bridgehead atoms. The third kappa shape index (κ3) is 3.76. The summed E-state index contributed by atoms with van der Waals surface area (Å²) in [6.07, 6.45) is 0.231. The van der Waals surface area contributed by atoms with Gasteiger partial charge in [-0.15, -0.1) is 11.3 Å². The molecule has 2 aromatic carbocycles. The Morgan fingerprint density at radius 3 is 2.66 bits per heavy atom. The number of ether oxygens (including phenoxy) is 2. The molecule has 1 aliphatic heterocycles. The number of aliphatic hydroxyl groups is 1. The number of aryl methyl sites for hydroxylation is 1. The van der Waals surface area contributed by atoms with E-state index in [0.717, 1.165) is 10.6 Å². The lowest BCUT2D eigenvalue weighted by Crippen LogP contribution is -2.42. The molecule has 7 nitrogen and oxygen atoms in total. The number of thiazole rings is 1. The number of para-hydroxylation sites is 1. The second-order valence-corrected chi connectivity index (χ2v) is 8.55. The number of anilines is 1. The number of amides is 1. The van der Waals surface area contributed by atoms with Crippen LogP contribution in [0.2, 0.25) is 0 Å². The van der Waals surface area contributed by atoms with Gasteiger partial charge >= 0.3 is 0 Å². The molecular formula is C24H24N2O5S. The first-order valence-electron chi connectivity index (χ1n) is 10.2. The summed E-state index contributed by atoms with van der Waals surface area (Å²) in [6, 6.07) is 11.9. The summed E-state index contributed by atoms with van der Waals surface area (Å²) in [5, 5.41) is 11.5. The van der Waals surface area contributed by atoms with Gasteiger partial charge in [-0.1, -0.05) is 18.2 Å². The first-order chi connectivity index (χ1) is 15.4. The molecule has 32 heavy (non-hydrogen) atoms. The minimum absolute atomic E-state index is 0.283. The van der Waals surface area contributed by atoms with Crippen molar-refractivity contribution in [3.8, 4) is 11.5 Å². The fraction of sp³-hybridized carbons (Fsp3) is 0.292. The Labute approximate surface area is 190 Å². The fourth-order valence-corrected chi connectivity index (χ4v) is 4.81. The molecule has 166 valence electrons. The minimum Gasteiger partial charge on any atom is -0.497 e. The van der Waals surface area contributed by atoms with Crippen LogP contribution in [0.25, 0.3) is 0 Å². The van der Waals surface area contributed by atoms with Crippen LogP contribution in [0, 0.1) is 6.92 Å². The molecular weight excluding hydrogens is 428 g/mol. The van der Waals surface area contributed by atoms with E-state index in [1.807, 2.05) is 13.0 Å². The first kappa shape index (κ1) is 22.0. The monoisotopic (exact) mass is 452 g/mol. The smallest absolute Gasteiger partial charge is 0.264 e. The van der Waals surface area contributed by atoms with Gasteiger partial charge in [-0.3, -0.25) is 9.59 Å². The van der Waals surface area contributed by atoms with Crippen LogP contribution in [0.5, 0.6) is 11.5 Å². The second kappa shape index (κ2) is 8.72. The third-order valence-corrected chi connectivity index (χ3v) is 6.77. The number of benzene rings is 2. The maximum Gasteiger partial charge on any atom is 0.264 e. The van der Waals surface area contributed by atoms with Crippen molar-refractivity contribution in [1.29, 1.82) is 0 Å². The molecule has 4 rings (SSSR count). The molecule has 1 aromatic heterocycles. The van der Waals surface area contributed by atoms with Gasteiger partial charge in [-0.2, -0.15) is 0 Å². The van der Waals surface area contributed by atoms with Crippen LogP contribution in [-0.2, 0) is 16.8 Å². The number of nitrogens with zero attached hydrogens (tertiary/aromatic N) is 2. The van der Waals surface area contributed by atoms with Crippen molar-refractivity contribution in [1.82, 2.24) is 4.98 Å². The zero-order valence-corrected chi connectivity index (χ0v) is 18.9. The molecule has 0 unspecified atom stereocenters. The highest BCUT2D eigenvalue weighted by molar-refractivity contribution is 7.09. The van der Waals surface area contributed by atoms with Gasteiger partial charge in [0.15, 0.2) is 11.4 Å². The molecule has 8 heteroatoms. The van der Waals surface area contributed by atoms with E-state index in [4.69, 9.17) is 9.47 Å². The predicted octanol–water partition coefficient (Wildman–Crippen LogP) is 3.52. The molecule has 0 saturated carbocycles. The summed E-state index contributed by atoms with van der Waals surface area (Å²) in [4.78, 5) is 33.5. The zero-order chi connectivity index (χ0) is 22.9. The number of carbonyl (C=O) groups is 2. The van der Waals surface area contributed by atoms with Crippen molar-refractivity contribution in [3.05, 3.63) is 69.7 Å². The number of fused-ring (bicyclic) bond motifs is 1. The molecule has 1 amide bonds. The molecule has 1 N–H and O–H groups in total. The van der Waals surface area contributed by atoms with Gasteiger partial charge in [0.2, 0.25) is 0 Å². The van der Waals surface area contributed by atoms with Gasteiger partial charge in [0.25, 0.3) is 5.91 Å². The SMILES string of the molecule is COc1ccc(C(=O)C[C@]2(O)C(=O)N(CCc3scnc3C)c3ccccc32)c(OC)c1. The van der Waals surface area contributed by atoms with E-state index < -0.39 is 17.3 Å². The molecule has 0 spiro atoms. The van der Waals surface area contributed by atoms with Crippen molar-refractivity contribution >= 4 is 28.7 Å². The Morgan fingerprint density at radius 1 is 1.19 bits per heavy atom. The summed E-state index contributed by atoms with van der Waals surface area (Å²) in [7, 11) is 2.98. The number of rotatable bonds is 8. The number of hydrogen-bond donors (Lipinski definition) is 1.